The van der Waals surface area contributed by atoms with Crippen LogP contribution in [0.15, 0.2) is 0 Å². The van der Waals surface area contributed by atoms with E-state index in [0.717, 1.165) is 12.8 Å². The number of alkyl halides is 1. The first kappa shape index (κ1) is 11.8. The zero-order valence-corrected chi connectivity index (χ0v) is 8.78. The molecule has 0 unspecified atom stereocenters. The van der Waals surface area contributed by atoms with Crippen LogP contribution in [0.1, 0.15) is 39.5 Å². The van der Waals surface area contributed by atoms with Crippen LogP contribution in [0.4, 0.5) is 0 Å². The molecule has 0 spiro atoms. The molecule has 0 amide bonds. The summed E-state index contributed by atoms with van der Waals surface area (Å²) in [5, 5.41) is 0. The van der Waals surface area contributed by atoms with Gasteiger partial charge >= 0.3 is 5.97 Å². The van der Waals surface area contributed by atoms with Gasteiger partial charge in [-0.25, -0.2) is 0 Å². The van der Waals surface area contributed by atoms with Crippen LogP contribution in [0.25, 0.3) is 0 Å². The summed E-state index contributed by atoms with van der Waals surface area (Å²) in [6.07, 6.45) is 3.18. The van der Waals surface area contributed by atoms with Gasteiger partial charge in [0, 0.05) is 0 Å². The van der Waals surface area contributed by atoms with Crippen molar-refractivity contribution in [2.75, 3.05) is 7.11 Å². The molecule has 0 aliphatic carbocycles. The zero-order chi connectivity index (χ0) is 9.61. The number of rotatable bonds is 5. The number of hydrogen-bond donors (Lipinski definition) is 0. The Kier molecular flexibility index (Phi) is 5.31. The van der Waals surface area contributed by atoms with Gasteiger partial charge in [0.25, 0.3) is 0 Å². The molecule has 0 aliphatic rings. The molecular weight excluding hydrogens is 176 g/mol. The molecule has 12 heavy (non-hydrogen) atoms. The summed E-state index contributed by atoms with van der Waals surface area (Å²) in [4.78, 5) is 10.5. The van der Waals surface area contributed by atoms with Gasteiger partial charge in [-0.1, -0.05) is 26.7 Å². The number of carbonyl (C=O) groups is 1. The van der Waals surface area contributed by atoms with E-state index in [0.29, 0.717) is 12.8 Å². The van der Waals surface area contributed by atoms with Crippen LogP contribution in [0.5, 0.6) is 0 Å². The fraction of sp³-hybridized carbons (Fsp3) is 0.889. The van der Waals surface area contributed by atoms with Crippen molar-refractivity contribution < 1.29 is 9.53 Å². The fourth-order valence-electron chi connectivity index (χ4n) is 1.30. The van der Waals surface area contributed by atoms with Gasteiger partial charge in [-0.3, -0.25) is 4.79 Å². The minimum atomic E-state index is -0.780. The molecule has 0 aliphatic heterocycles. The van der Waals surface area contributed by atoms with Gasteiger partial charge in [0.1, 0.15) is 4.87 Å². The Morgan fingerprint density at radius 2 is 1.75 bits per heavy atom. The number of carbonyl (C=O) groups excluding carboxylic acids is 1. The molecule has 0 radical (unpaired) electrons. The molecule has 0 aromatic heterocycles. The summed E-state index contributed by atoms with van der Waals surface area (Å²) < 4.78 is 4.65. The highest BCUT2D eigenvalue weighted by Crippen LogP contribution is 2.28. The lowest BCUT2D eigenvalue weighted by Gasteiger charge is -2.22. The first-order chi connectivity index (χ1) is 5.60. The molecule has 3 heteroatoms. The molecule has 0 N–H and O–H groups in total. The van der Waals surface area contributed by atoms with E-state index in [1.807, 2.05) is 13.8 Å². The first-order valence-electron chi connectivity index (χ1n) is 4.38. The summed E-state index contributed by atoms with van der Waals surface area (Å²) in [7, 11) is 1.38. The average Bonchev–Trinajstić information content (AvgIpc) is 2.04. The molecule has 0 saturated carbocycles. The van der Waals surface area contributed by atoms with Gasteiger partial charge in [-0.05, 0) is 12.8 Å². The smallest absolute Gasteiger partial charge is 0.326 e. The Balaban J connectivity index is 4.26. The largest absolute Gasteiger partial charge is 0.468 e. The minimum absolute atomic E-state index is 0.298. The lowest BCUT2D eigenvalue weighted by atomic mass is 9.97. The maximum absolute atomic E-state index is 11.3. The Bertz CT molecular complexity index is 139. The third kappa shape index (κ3) is 3.02. The molecule has 0 saturated heterocycles. The summed E-state index contributed by atoms with van der Waals surface area (Å²) in [5.41, 5.74) is 0. The Hall–Kier alpha value is -0.240. The Labute approximate surface area is 79.2 Å². The van der Waals surface area contributed by atoms with E-state index in [4.69, 9.17) is 11.6 Å². The molecule has 0 rings (SSSR count). The first-order valence-corrected chi connectivity index (χ1v) is 4.75. The van der Waals surface area contributed by atoms with Gasteiger partial charge in [0.15, 0.2) is 0 Å². The van der Waals surface area contributed by atoms with Crippen LogP contribution in [0.3, 0.4) is 0 Å². The van der Waals surface area contributed by atoms with Gasteiger partial charge in [-0.15, -0.1) is 11.6 Å². The van der Waals surface area contributed by atoms with Gasteiger partial charge < -0.3 is 4.74 Å². The number of methoxy groups -OCH3 is 1. The Morgan fingerprint density at radius 3 is 2.00 bits per heavy atom. The predicted molar refractivity (Wildman–Crippen MR) is 50.4 cm³/mol. The SMILES string of the molecule is CCCC(Cl)(CCC)C(=O)OC. The Morgan fingerprint density at radius 1 is 1.33 bits per heavy atom. The summed E-state index contributed by atoms with van der Waals surface area (Å²) >= 11 is 6.12. The van der Waals surface area contributed by atoms with E-state index in [1.165, 1.54) is 7.11 Å². The maximum Gasteiger partial charge on any atom is 0.326 e. The maximum atomic E-state index is 11.3. The van der Waals surface area contributed by atoms with Crippen molar-refractivity contribution in [3.8, 4) is 0 Å². The number of ether oxygens (including phenoxy) is 1. The van der Waals surface area contributed by atoms with E-state index in [2.05, 4.69) is 4.74 Å². The molecule has 0 atom stereocenters. The minimum Gasteiger partial charge on any atom is -0.468 e. The molecule has 2 nitrogen and oxygen atoms in total. The second kappa shape index (κ2) is 5.41. The van der Waals surface area contributed by atoms with Crippen LogP contribution in [0, 0.1) is 0 Å². The normalized spacial score (nSPS) is 11.3. The molecule has 0 heterocycles. The van der Waals surface area contributed by atoms with E-state index < -0.39 is 4.87 Å². The predicted octanol–water partition coefficient (Wildman–Crippen LogP) is 2.74. The van der Waals surface area contributed by atoms with Crippen LogP contribution in [-0.2, 0) is 9.53 Å². The number of halogens is 1. The van der Waals surface area contributed by atoms with E-state index in [9.17, 15) is 4.79 Å². The topological polar surface area (TPSA) is 26.3 Å². The summed E-state index contributed by atoms with van der Waals surface area (Å²) in [6, 6.07) is 0. The summed E-state index contributed by atoms with van der Waals surface area (Å²) in [6.45, 7) is 4.02. The second-order valence-corrected chi connectivity index (χ2v) is 3.68. The highest BCUT2D eigenvalue weighted by atomic mass is 35.5. The van der Waals surface area contributed by atoms with Crippen molar-refractivity contribution in [3.63, 3.8) is 0 Å². The fourth-order valence-corrected chi connectivity index (χ4v) is 1.76. The van der Waals surface area contributed by atoms with Crippen molar-refractivity contribution in [2.45, 2.75) is 44.4 Å². The van der Waals surface area contributed by atoms with Gasteiger partial charge in [0.2, 0.25) is 0 Å². The zero-order valence-electron chi connectivity index (χ0n) is 8.02. The van der Waals surface area contributed by atoms with E-state index in [1.54, 1.807) is 0 Å². The highest BCUT2D eigenvalue weighted by Gasteiger charge is 2.35. The number of hydrogen-bond acceptors (Lipinski definition) is 2. The van der Waals surface area contributed by atoms with Crippen molar-refractivity contribution in [2.24, 2.45) is 0 Å². The standard InChI is InChI=1S/C9H17ClO2/c1-4-6-9(10,7-5-2)8(11)12-3/h4-7H2,1-3H3. The quantitative estimate of drug-likeness (QED) is 0.495. The molecule has 0 bridgehead atoms. The van der Waals surface area contributed by atoms with Gasteiger partial charge in [0.05, 0.1) is 7.11 Å². The van der Waals surface area contributed by atoms with Crippen molar-refractivity contribution in [1.82, 2.24) is 0 Å². The van der Waals surface area contributed by atoms with E-state index in [-0.39, 0.29) is 5.97 Å². The second-order valence-electron chi connectivity index (χ2n) is 2.96. The van der Waals surface area contributed by atoms with Gasteiger partial charge in [-0.2, -0.15) is 0 Å². The molecule has 72 valence electrons. The van der Waals surface area contributed by atoms with Crippen LogP contribution >= 0.6 is 11.6 Å². The van der Waals surface area contributed by atoms with Crippen LogP contribution in [0.2, 0.25) is 0 Å². The summed E-state index contributed by atoms with van der Waals surface area (Å²) in [5.74, 6) is -0.298. The molecular formula is C9H17ClO2. The van der Waals surface area contributed by atoms with Crippen molar-refractivity contribution in [1.29, 1.82) is 0 Å². The lowest BCUT2D eigenvalue weighted by molar-refractivity contribution is -0.144. The third-order valence-corrected chi connectivity index (χ3v) is 2.38. The molecule has 0 aromatic carbocycles. The van der Waals surface area contributed by atoms with Crippen LogP contribution < -0.4 is 0 Å². The monoisotopic (exact) mass is 192 g/mol. The van der Waals surface area contributed by atoms with Crippen LogP contribution in [-0.4, -0.2) is 18.0 Å². The van der Waals surface area contributed by atoms with Crippen molar-refractivity contribution in [3.05, 3.63) is 0 Å². The average molecular weight is 193 g/mol. The lowest BCUT2D eigenvalue weighted by Crippen LogP contribution is -2.33. The van der Waals surface area contributed by atoms with E-state index >= 15 is 0 Å². The number of esters is 1. The molecule has 0 aromatic rings. The third-order valence-electron chi connectivity index (χ3n) is 1.84. The van der Waals surface area contributed by atoms with Crippen molar-refractivity contribution >= 4 is 17.6 Å². The molecule has 0 fully saturated rings. The highest BCUT2D eigenvalue weighted by molar-refractivity contribution is 6.34.